The van der Waals surface area contributed by atoms with Crippen LogP contribution in [0, 0.1) is 12.7 Å². The van der Waals surface area contributed by atoms with Crippen molar-refractivity contribution in [3.8, 4) is 0 Å². The number of thiazole rings is 1. The van der Waals surface area contributed by atoms with E-state index < -0.39 is 0 Å². The number of nitrogens with one attached hydrogen (secondary N) is 1. The molecule has 29 heavy (non-hydrogen) atoms. The molecular weight excluding hydrogens is 411 g/mol. The van der Waals surface area contributed by atoms with Gasteiger partial charge in [-0.05, 0) is 30.0 Å². The molecule has 0 radical (unpaired) electrons. The minimum atomic E-state index is -0.257. The minimum absolute atomic E-state index is 0.124. The van der Waals surface area contributed by atoms with Crippen LogP contribution in [-0.2, 0) is 17.8 Å². The monoisotopic (exact) mass is 428 g/mol. The minimum Gasteiger partial charge on any atom is -0.302 e. The lowest BCUT2D eigenvalue weighted by molar-refractivity contribution is -0.116. The number of nitrogens with zero attached hydrogens (tertiary/aromatic N) is 3. The number of thiophene rings is 1. The van der Waals surface area contributed by atoms with Gasteiger partial charge in [0.25, 0.3) is 5.56 Å². The first kappa shape index (κ1) is 19.4. The summed E-state index contributed by atoms with van der Waals surface area (Å²) in [6.07, 6.45) is 2.01. The van der Waals surface area contributed by atoms with E-state index in [1.165, 1.54) is 39.6 Å². The van der Waals surface area contributed by atoms with E-state index >= 15 is 0 Å². The lowest BCUT2D eigenvalue weighted by atomic mass is 10.1. The molecule has 0 aliphatic carbocycles. The molecule has 9 heteroatoms. The molecular formula is C20H17FN4O2S2. The molecule has 3 aromatic heterocycles. The molecule has 0 aliphatic heterocycles. The summed E-state index contributed by atoms with van der Waals surface area (Å²) in [7, 11) is 0. The van der Waals surface area contributed by atoms with Gasteiger partial charge in [0.05, 0.1) is 17.4 Å². The number of halogens is 1. The second kappa shape index (κ2) is 8.22. The molecule has 4 rings (SSSR count). The number of hydrogen-bond donors (Lipinski definition) is 1. The van der Waals surface area contributed by atoms with Gasteiger partial charge in [-0.25, -0.2) is 14.4 Å². The van der Waals surface area contributed by atoms with Gasteiger partial charge < -0.3 is 5.32 Å². The number of amides is 1. The SMILES string of the molecule is Cc1nc(NC(=O)CCn2cnc3sccc3c2=O)sc1Cc1ccccc1F. The van der Waals surface area contributed by atoms with Crippen LogP contribution in [0.3, 0.4) is 0 Å². The number of fused-ring (bicyclic) bond motifs is 1. The van der Waals surface area contributed by atoms with Crippen molar-refractivity contribution in [1.29, 1.82) is 0 Å². The molecule has 0 fully saturated rings. The van der Waals surface area contributed by atoms with Gasteiger partial charge in [0.15, 0.2) is 5.13 Å². The van der Waals surface area contributed by atoms with Gasteiger partial charge >= 0.3 is 0 Å². The molecule has 0 aliphatic rings. The first-order valence-corrected chi connectivity index (χ1v) is 10.6. The van der Waals surface area contributed by atoms with Gasteiger partial charge in [0, 0.05) is 24.3 Å². The Labute approximate surface area is 173 Å². The molecule has 0 saturated carbocycles. The molecule has 148 valence electrons. The fourth-order valence-corrected chi connectivity index (χ4v) is 4.64. The number of benzene rings is 1. The largest absolute Gasteiger partial charge is 0.302 e. The zero-order chi connectivity index (χ0) is 20.4. The first-order valence-electron chi connectivity index (χ1n) is 8.93. The predicted molar refractivity (Wildman–Crippen MR) is 113 cm³/mol. The van der Waals surface area contributed by atoms with E-state index in [1.807, 2.05) is 12.3 Å². The van der Waals surface area contributed by atoms with Gasteiger partial charge in [-0.1, -0.05) is 18.2 Å². The Morgan fingerprint density at radius 2 is 2.10 bits per heavy atom. The number of aryl methyl sites for hydroxylation is 2. The quantitative estimate of drug-likeness (QED) is 0.504. The van der Waals surface area contributed by atoms with E-state index in [-0.39, 0.29) is 30.2 Å². The van der Waals surface area contributed by atoms with Crippen LogP contribution >= 0.6 is 22.7 Å². The molecule has 1 aromatic carbocycles. The molecule has 0 spiro atoms. The van der Waals surface area contributed by atoms with Crippen molar-refractivity contribution in [2.24, 2.45) is 0 Å². The highest BCUT2D eigenvalue weighted by molar-refractivity contribution is 7.16. The maximum Gasteiger partial charge on any atom is 0.262 e. The maximum absolute atomic E-state index is 13.9. The van der Waals surface area contributed by atoms with Gasteiger partial charge in [-0.3, -0.25) is 14.2 Å². The third-order valence-electron chi connectivity index (χ3n) is 4.48. The fraction of sp³-hybridized carbons (Fsp3) is 0.200. The Bertz CT molecular complexity index is 1240. The van der Waals surface area contributed by atoms with Crippen molar-refractivity contribution < 1.29 is 9.18 Å². The van der Waals surface area contributed by atoms with Crippen molar-refractivity contribution >= 4 is 43.9 Å². The topological polar surface area (TPSA) is 76.9 Å². The zero-order valence-electron chi connectivity index (χ0n) is 15.5. The molecule has 1 N–H and O–H groups in total. The van der Waals surface area contributed by atoms with Gasteiger partial charge in [-0.2, -0.15) is 0 Å². The van der Waals surface area contributed by atoms with Crippen molar-refractivity contribution in [3.05, 3.63) is 74.3 Å². The first-order chi connectivity index (χ1) is 14.0. The normalized spacial score (nSPS) is 11.1. The summed E-state index contributed by atoms with van der Waals surface area (Å²) in [5.41, 5.74) is 1.20. The Morgan fingerprint density at radius 1 is 1.28 bits per heavy atom. The van der Waals surface area contributed by atoms with Crippen LogP contribution in [0.15, 0.2) is 46.8 Å². The third-order valence-corrected chi connectivity index (χ3v) is 6.37. The van der Waals surface area contributed by atoms with E-state index in [1.54, 1.807) is 24.3 Å². The molecule has 1 amide bonds. The summed E-state index contributed by atoms with van der Waals surface area (Å²) in [5, 5.41) is 5.62. The van der Waals surface area contributed by atoms with E-state index in [9.17, 15) is 14.0 Å². The van der Waals surface area contributed by atoms with Crippen LogP contribution in [0.25, 0.3) is 10.2 Å². The zero-order valence-corrected chi connectivity index (χ0v) is 17.1. The summed E-state index contributed by atoms with van der Waals surface area (Å²) < 4.78 is 15.3. The number of hydrogen-bond acceptors (Lipinski definition) is 6. The highest BCUT2D eigenvalue weighted by Gasteiger charge is 2.13. The highest BCUT2D eigenvalue weighted by Crippen LogP contribution is 2.26. The van der Waals surface area contributed by atoms with E-state index in [4.69, 9.17) is 0 Å². The van der Waals surface area contributed by atoms with Crippen LogP contribution in [0.5, 0.6) is 0 Å². The van der Waals surface area contributed by atoms with Gasteiger partial charge in [0.2, 0.25) is 5.91 Å². The van der Waals surface area contributed by atoms with Crippen LogP contribution in [-0.4, -0.2) is 20.4 Å². The van der Waals surface area contributed by atoms with Crippen molar-refractivity contribution in [3.63, 3.8) is 0 Å². The second-order valence-electron chi connectivity index (χ2n) is 6.48. The van der Waals surface area contributed by atoms with E-state index in [2.05, 4.69) is 15.3 Å². The number of carbonyl (C=O) groups is 1. The summed E-state index contributed by atoms with van der Waals surface area (Å²) in [5.74, 6) is -0.499. The fourth-order valence-electron chi connectivity index (χ4n) is 2.92. The molecule has 0 bridgehead atoms. The van der Waals surface area contributed by atoms with Crippen molar-refractivity contribution in [2.45, 2.75) is 26.3 Å². The average Bonchev–Trinajstić information content (AvgIpc) is 3.30. The standard InChI is InChI=1S/C20H17FN4O2S2/c1-12-16(10-13-4-2-3-5-15(13)21)29-20(23-12)24-17(26)6-8-25-11-22-18-14(19(25)27)7-9-28-18/h2-5,7,9,11H,6,8,10H2,1H3,(H,23,24,26). The average molecular weight is 429 g/mol. The van der Waals surface area contributed by atoms with E-state index in [0.717, 1.165) is 10.6 Å². The smallest absolute Gasteiger partial charge is 0.262 e. The third kappa shape index (κ3) is 4.25. The maximum atomic E-state index is 13.9. The van der Waals surface area contributed by atoms with E-state index in [0.29, 0.717) is 27.3 Å². The Hall–Kier alpha value is -2.91. The summed E-state index contributed by atoms with van der Waals surface area (Å²) in [4.78, 5) is 34.9. The lowest BCUT2D eigenvalue weighted by Crippen LogP contribution is -2.23. The highest BCUT2D eigenvalue weighted by atomic mass is 32.1. The summed E-state index contributed by atoms with van der Waals surface area (Å²) in [6, 6.07) is 8.35. The molecule has 6 nitrogen and oxygen atoms in total. The second-order valence-corrected chi connectivity index (χ2v) is 8.45. The lowest BCUT2D eigenvalue weighted by Gasteiger charge is -2.05. The Balaban J connectivity index is 1.40. The van der Waals surface area contributed by atoms with Gasteiger partial charge in [-0.15, -0.1) is 22.7 Å². The molecule has 4 aromatic rings. The van der Waals surface area contributed by atoms with Crippen LogP contribution in [0.2, 0.25) is 0 Å². The molecule has 0 atom stereocenters. The Kier molecular flexibility index (Phi) is 5.50. The summed E-state index contributed by atoms with van der Waals surface area (Å²) in [6.45, 7) is 2.07. The molecule has 0 saturated heterocycles. The van der Waals surface area contributed by atoms with Crippen LogP contribution < -0.4 is 10.9 Å². The van der Waals surface area contributed by atoms with Crippen LogP contribution in [0.4, 0.5) is 9.52 Å². The molecule has 0 unspecified atom stereocenters. The number of rotatable bonds is 6. The molecule has 3 heterocycles. The number of carbonyl (C=O) groups excluding carboxylic acids is 1. The Morgan fingerprint density at radius 3 is 2.93 bits per heavy atom. The summed E-state index contributed by atoms with van der Waals surface area (Å²) >= 11 is 2.74. The predicted octanol–water partition coefficient (Wildman–Crippen LogP) is 3.98. The van der Waals surface area contributed by atoms with Gasteiger partial charge in [0.1, 0.15) is 10.6 Å². The number of anilines is 1. The number of aromatic nitrogens is 3. The van der Waals surface area contributed by atoms with Crippen molar-refractivity contribution in [1.82, 2.24) is 14.5 Å². The van der Waals surface area contributed by atoms with Crippen molar-refractivity contribution in [2.75, 3.05) is 5.32 Å². The van der Waals surface area contributed by atoms with Crippen LogP contribution in [0.1, 0.15) is 22.6 Å².